The summed E-state index contributed by atoms with van der Waals surface area (Å²) in [5.41, 5.74) is 0.509. The summed E-state index contributed by atoms with van der Waals surface area (Å²) in [6, 6.07) is 0. The average molecular weight is 360 g/mol. The zero-order chi connectivity index (χ0) is 14.9. The zero-order valence-electron chi connectivity index (χ0n) is 11.3. The fourth-order valence-corrected chi connectivity index (χ4v) is 3.63. The summed E-state index contributed by atoms with van der Waals surface area (Å²) in [5, 5.41) is 7.28. The van der Waals surface area contributed by atoms with E-state index in [-0.39, 0.29) is 0 Å². The van der Waals surface area contributed by atoms with E-state index in [1.807, 2.05) is 14.0 Å². The first-order valence-electron chi connectivity index (χ1n) is 5.94. The van der Waals surface area contributed by atoms with Gasteiger partial charge in [-0.3, -0.25) is 24.1 Å². The monoisotopic (exact) mass is 359 g/mol. The molecule has 0 aromatic carbocycles. The Hall–Kier alpha value is -1.35. The smallest absolute Gasteiger partial charge is 0.270 e. The lowest BCUT2D eigenvalue weighted by molar-refractivity contribution is 0.596. The van der Waals surface area contributed by atoms with Crippen LogP contribution < -0.4 is 11.1 Å². The maximum absolute atomic E-state index is 11.3. The molecular formula is C11H14BrN5O2S. The summed E-state index contributed by atoms with van der Waals surface area (Å²) in [6.07, 6.45) is 0.842. The number of aromatic nitrogens is 5. The third kappa shape index (κ3) is 2.88. The Morgan fingerprint density at radius 3 is 2.65 bits per heavy atom. The van der Waals surface area contributed by atoms with E-state index in [0.717, 1.165) is 22.3 Å². The van der Waals surface area contributed by atoms with E-state index < -0.39 is 11.1 Å². The van der Waals surface area contributed by atoms with Crippen molar-refractivity contribution in [3.8, 4) is 0 Å². The molecule has 7 nitrogen and oxygen atoms in total. The van der Waals surface area contributed by atoms with Crippen molar-refractivity contribution >= 4 is 27.7 Å². The summed E-state index contributed by atoms with van der Waals surface area (Å²) >= 11 is 4.90. The lowest BCUT2D eigenvalue weighted by atomic mass is 10.3. The molecule has 1 N–H and O–H groups in total. The van der Waals surface area contributed by atoms with Crippen LogP contribution in [0.25, 0.3) is 0 Å². The molecule has 0 aliphatic heterocycles. The minimum Gasteiger partial charge on any atom is -0.270 e. The van der Waals surface area contributed by atoms with Gasteiger partial charge in [-0.2, -0.15) is 10.1 Å². The van der Waals surface area contributed by atoms with Crippen LogP contribution in [0.5, 0.6) is 0 Å². The second-order valence-corrected chi connectivity index (χ2v) is 5.91. The highest BCUT2D eigenvalue weighted by atomic mass is 79.9. The van der Waals surface area contributed by atoms with E-state index >= 15 is 0 Å². The second-order valence-electron chi connectivity index (χ2n) is 4.17. The quantitative estimate of drug-likeness (QED) is 0.645. The highest BCUT2D eigenvalue weighted by Gasteiger charge is 2.14. The molecule has 0 unspecified atom stereocenters. The fraction of sp³-hybridized carbons (Fsp3) is 0.455. The van der Waals surface area contributed by atoms with Crippen molar-refractivity contribution in [3.05, 3.63) is 36.6 Å². The largest absolute Gasteiger partial charge is 0.339 e. The number of hydrogen-bond donors (Lipinski definition) is 1. The Balaban J connectivity index is 2.25. The highest BCUT2D eigenvalue weighted by molar-refractivity contribution is 9.10. The van der Waals surface area contributed by atoms with Crippen LogP contribution >= 0.6 is 27.7 Å². The number of aryl methyl sites for hydroxylation is 3. The molecule has 0 fully saturated rings. The summed E-state index contributed by atoms with van der Waals surface area (Å²) < 4.78 is 4.23. The number of nitrogens with one attached hydrogen (secondary N) is 1. The molecule has 0 bridgehead atoms. The Kier molecular flexibility index (Phi) is 4.48. The molecule has 0 spiro atoms. The molecular weight excluding hydrogens is 346 g/mol. The van der Waals surface area contributed by atoms with E-state index in [2.05, 4.69) is 31.1 Å². The van der Waals surface area contributed by atoms with Gasteiger partial charge in [0.1, 0.15) is 0 Å². The van der Waals surface area contributed by atoms with Crippen molar-refractivity contribution in [2.75, 3.05) is 0 Å². The maximum Gasteiger partial charge on any atom is 0.339 e. The highest BCUT2D eigenvalue weighted by Crippen LogP contribution is 2.27. The molecule has 2 aromatic rings. The zero-order valence-corrected chi connectivity index (χ0v) is 13.7. The predicted octanol–water partition coefficient (Wildman–Crippen LogP) is 0.819. The van der Waals surface area contributed by atoms with Crippen molar-refractivity contribution in [2.24, 2.45) is 14.1 Å². The van der Waals surface area contributed by atoms with Gasteiger partial charge in [0, 0.05) is 19.8 Å². The van der Waals surface area contributed by atoms with E-state index in [4.69, 9.17) is 0 Å². The number of H-pyrrole nitrogens is 1. The minimum atomic E-state index is -0.774. The Morgan fingerprint density at radius 1 is 1.35 bits per heavy atom. The molecule has 0 aliphatic carbocycles. The van der Waals surface area contributed by atoms with Crippen LogP contribution in [0.4, 0.5) is 0 Å². The van der Waals surface area contributed by atoms with Crippen molar-refractivity contribution in [3.63, 3.8) is 0 Å². The molecule has 2 aromatic heterocycles. The fourth-order valence-electron chi connectivity index (χ4n) is 1.70. The first-order valence-corrected chi connectivity index (χ1v) is 7.72. The van der Waals surface area contributed by atoms with Gasteiger partial charge in [0.2, 0.25) is 0 Å². The van der Waals surface area contributed by atoms with Gasteiger partial charge < -0.3 is 0 Å². The number of halogens is 1. The van der Waals surface area contributed by atoms with Crippen LogP contribution in [0, 0.1) is 0 Å². The van der Waals surface area contributed by atoms with E-state index in [9.17, 15) is 9.59 Å². The number of rotatable bonds is 4. The summed E-state index contributed by atoms with van der Waals surface area (Å²) in [6.45, 7) is 2.04. The van der Waals surface area contributed by atoms with Crippen molar-refractivity contribution in [1.82, 2.24) is 24.5 Å². The van der Waals surface area contributed by atoms with Gasteiger partial charge in [0.05, 0.1) is 15.9 Å². The van der Waals surface area contributed by atoms with Crippen LogP contribution in [-0.4, -0.2) is 24.5 Å². The number of nitrogens with zero attached hydrogens (tertiary/aromatic N) is 4. The van der Waals surface area contributed by atoms with Crippen LogP contribution in [-0.2, 0) is 26.3 Å². The summed E-state index contributed by atoms with van der Waals surface area (Å²) in [4.78, 5) is 26.2. The Bertz CT molecular complexity index is 748. The SMILES string of the molecule is CCc1nn(C)c(CSc2nc(=O)c(=O)[nH]n2C)c1Br. The van der Waals surface area contributed by atoms with Crippen LogP contribution in [0.1, 0.15) is 18.3 Å². The lowest BCUT2D eigenvalue weighted by Gasteiger charge is -2.06. The summed E-state index contributed by atoms with van der Waals surface area (Å²) in [5.74, 6) is 0.594. The molecule has 2 rings (SSSR count). The normalized spacial score (nSPS) is 11.0. The molecule has 0 saturated heterocycles. The molecule has 2 heterocycles. The van der Waals surface area contributed by atoms with E-state index in [0.29, 0.717) is 10.9 Å². The van der Waals surface area contributed by atoms with Gasteiger partial charge in [0.25, 0.3) is 0 Å². The molecule has 0 saturated carbocycles. The Labute approximate surface area is 127 Å². The first-order chi connectivity index (χ1) is 9.43. The topological polar surface area (TPSA) is 85.6 Å². The van der Waals surface area contributed by atoms with E-state index in [1.165, 1.54) is 16.4 Å². The van der Waals surface area contributed by atoms with Gasteiger partial charge in [0.15, 0.2) is 5.16 Å². The third-order valence-electron chi connectivity index (χ3n) is 2.79. The van der Waals surface area contributed by atoms with E-state index in [1.54, 1.807) is 11.7 Å². The van der Waals surface area contributed by atoms with Gasteiger partial charge in [-0.1, -0.05) is 18.7 Å². The van der Waals surface area contributed by atoms with Crippen molar-refractivity contribution < 1.29 is 0 Å². The van der Waals surface area contributed by atoms with Gasteiger partial charge >= 0.3 is 11.1 Å². The lowest BCUT2D eigenvalue weighted by Crippen LogP contribution is -2.33. The molecule has 0 atom stereocenters. The number of aromatic amines is 1. The average Bonchev–Trinajstić information content (AvgIpc) is 2.67. The first kappa shape index (κ1) is 15.0. The number of thioether (sulfide) groups is 1. The van der Waals surface area contributed by atoms with Gasteiger partial charge in [-0.25, -0.2) is 0 Å². The molecule has 0 aliphatic rings. The van der Waals surface area contributed by atoms with Crippen LogP contribution in [0.3, 0.4) is 0 Å². The van der Waals surface area contributed by atoms with Crippen molar-refractivity contribution in [2.45, 2.75) is 24.3 Å². The minimum absolute atomic E-state index is 0.459. The molecule has 0 radical (unpaired) electrons. The van der Waals surface area contributed by atoms with Crippen LogP contribution in [0.2, 0.25) is 0 Å². The maximum atomic E-state index is 11.3. The van der Waals surface area contributed by atoms with Gasteiger partial charge in [-0.15, -0.1) is 0 Å². The molecule has 20 heavy (non-hydrogen) atoms. The van der Waals surface area contributed by atoms with Crippen molar-refractivity contribution in [1.29, 1.82) is 0 Å². The molecule has 9 heteroatoms. The number of hydrogen-bond acceptors (Lipinski definition) is 5. The predicted molar refractivity (Wildman–Crippen MR) is 79.9 cm³/mol. The van der Waals surface area contributed by atoms with Crippen LogP contribution in [0.15, 0.2) is 19.2 Å². The second kappa shape index (κ2) is 5.96. The summed E-state index contributed by atoms with van der Waals surface area (Å²) in [7, 11) is 3.52. The van der Waals surface area contributed by atoms with Gasteiger partial charge in [-0.05, 0) is 22.4 Å². The molecule has 0 amide bonds. The third-order valence-corrected chi connectivity index (χ3v) is 4.75. The molecule has 108 valence electrons. The standard InChI is InChI=1S/C11H14BrN5O2S/c1-4-6-8(12)7(16(2)14-6)5-20-11-13-9(18)10(19)15-17(11)3/h4-5H2,1-3H3,(H,15,19). The Morgan fingerprint density at radius 2 is 2.05 bits per heavy atom.